The maximum atomic E-state index is 6.35. The topological polar surface area (TPSA) is 44.2 Å². The number of ether oxygens (including phenoxy) is 2. The molecule has 20 heavy (non-hydrogen) atoms. The number of rotatable bonds is 4. The highest BCUT2D eigenvalue weighted by molar-refractivity contribution is 6.35. The van der Waals surface area contributed by atoms with E-state index < -0.39 is 0 Å². The number of halogens is 2. The van der Waals surface area contributed by atoms with E-state index in [9.17, 15) is 0 Å². The van der Waals surface area contributed by atoms with Crippen molar-refractivity contribution in [2.24, 2.45) is 0 Å². The van der Waals surface area contributed by atoms with Crippen molar-refractivity contribution in [3.8, 4) is 22.9 Å². The van der Waals surface area contributed by atoms with Crippen molar-refractivity contribution in [1.29, 1.82) is 0 Å². The van der Waals surface area contributed by atoms with Crippen LogP contribution < -0.4 is 9.47 Å². The number of aromatic nitrogens is 2. The van der Waals surface area contributed by atoms with Gasteiger partial charge in [0.2, 0.25) is 0 Å². The van der Waals surface area contributed by atoms with Crippen molar-refractivity contribution in [3.05, 3.63) is 34.1 Å². The van der Waals surface area contributed by atoms with E-state index in [1.54, 1.807) is 25.3 Å². The molecule has 1 aromatic heterocycles. The summed E-state index contributed by atoms with van der Waals surface area (Å²) in [7, 11) is 3.09. The average molecular weight is 313 g/mol. The Morgan fingerprint density at radius 2 is 1.85 bits per heavy atom. The number of hydrogen-bond donors (Lipinski definition) is 0. The lowest BCUT2D eigenvalue weighted by Gasteiger charge is -2.12. The van der Waals surface area contributed by atoms with E-state index in [0.717, 1.165) is 12.1 Å². The second-order valence-corrected chi connectivity index (χ2v) is 4.79. The zero-order valence-electron chi connectivity index (χ0n) is 11.4. The van der Waals surface area contributed by atoms with Gasteiger partial charge in [-0.15, -0.1) is 0 Å². The van der Waals surface area contributed by atoms with Gasteiger partial charge in [-0.1, -0.05) is 30.1 Å². The molecule has 0 saturated carbocycles. The van der Waals surface area contributed by atoms with Crippen LogP contribution in [0, 0.1) is 0 Å². The Morgan fingerprint density at radius 3 is 2.45 bits per heavy atom. The lowest BCUT2D eigenvalue weighted by Crippen LogP contribution is -1.98. The third-order valence-corrected chi connectivity index (χ3v) is 3.40. The second kappa shape index (κ2) is 6.29. The van der Waals surface area contributed by atoms with Crippen LogP contribution in [0.25, 0.3) is 11.4 Å². The Labute approximate surface area is 127 Å². The van der Waals surface area contributed by atoms with Crippen molar-refractivity contribution in [2.75, 3.05) is 14.2 Å². The van der Waals surface area contributed by atoms with Crippen LogP contribution in [-0.2, 0) is 6.42 Å². The molecule has 4 nitrogen and oxygen atoms in total. The van der Waals surface area contributed by atoms with Crippen LogP contribution in [-0.4, -0.2) is 24.2 Å². The first kappa shape index (κ1) is 14.9. The molecule has 0 N–H and O–H groups in total. The van der Waals surface area contributed by atoms with Crippen molar-refractivity contribution in [1.82, 2.24) is 9.97 Å². The van der Waals surface area contributed by atoms with Crippen LogP contribution in [0.4, 0.5) is 0 Å². The average Bonchev–Trinajstić information content (AvgIpc) is 2.45. The molecule has 106 valence electrons. The van der Waals surface area contributed by atoms with Gasteiger partial charge in [0, 0.05) is 11.3 Å². The Kier molecular flexibility index (Phi) is 4.68. The predicted molar refractivity (Wildman–Crippen MR) is 80.0 cm³/mol. The standard InChI is InChI=1S/C14H14Cl2N2O2/c1-4-8-7-11(15)18-14(17-8)9-5-6-10(19-2)13(20-3)12(9)16/h5-7H,4H2,1-3H3. The van der Waals surface area contributed by atoms with Crippen LogP contribution in [0.3, 0.4) is 0 Å². The fourth-order valence-electron chi connectivity index (χ4n) is 1.83. The van der Waals surface area contributed by atoms with Crippen molar-refractivity contribution < 1.29 is 9.47 Å². The predicted octanol–water partition coefficient (Wildman–Crippen LogP) is 4.03. The first-order valence-electron chi connectivity index (χ1n) is 6.05. The monoisotopic (exact) mass is 312 g/mol. The summed E-state index contributed by atoms with van der Waals surface area (Å²) in [6.45, 7) is 2.00. The maximum absolute atomic E-state index is 6.35. The molecule has 0 aliphatic heterocycles. The molecule has 0 amide bonds. The van der Waals surface area contributed by atoms with Gasteiger partial charge in [0.1, 0.15) is 5.15 Å². The Morgan fingerprint density at radius 1 is 1.10 bits per heavy atom. The van der Waals surface area contributed by atoms with Crippen molar-refractivity contribution in [2.45, 2.75) is 13.3 Å². The number of nitrogens with zero attached hydrogens (tertiary/aromatic N) is 2. The Hall–Kier alpha value is -1.52. The van der Waals surface area contributed by atoms with E-state index in [0.29, 0.717) is 33.1 Å². The summed E-state index contributed by atoms with van der Waals surface area (Å²) < 4.78 is 10.5. The number of hydrogen-bond acceptors (Lipinski definition) is 4. The summed E-state index contributed by atoms with van der Waals surface area (Å²) in [6.07, 6.45) is 0.764. The molecule has 0 bridgehead atoms. The largest absolute Gasteiger partial charge is 0.493 e. The van der Waals surface area contributed by atoms with E-state index in [2.05, 4.69) is 9.97 Å². The van der Waals surface area contributed by atoms with Gasteiger partial charge in [0.15, 0.2) is 17.3 Å². The molecule has 0 spiro atoms. The fourth-order valence-corrected chi connectivity index (χ4v) is 2.35. The summed E-state index contributed by atoms with van der Waals surface area (Å²) >= 11 is 12.4. The quantitative estimate of drug-likeness (QED) is 0.799. The number of methoxy groups -OCH3 is 2. The summed E-state index contributed by atoms with van der Waals surface area (Å²) in [5.41, 5.74) is 1.51. The first-order valence-corrected chi connectivity index (χ1v) is 6.80. The number of benzene rings is 1. The molecule has 2 aromatic rings. The normalized spacial score (nSPS) is 10.4. The highest BCUT2D eigenvalue weighted by atomic mass is 35.5. The van der Waals surface area contributed by atoms with E-state index >= 15 is 0 Å². The van der Waals surface area contributed by atoms with E-state index in [1.165, 1.54) is 7.11 Å². The first-order chi connectivity index (χ1) is 9.60. The van der Waals surface area contributed by atoms with Gasteiger partial charge in [0.05, 0.1) is 19.2 Å². The van der Waals surface area contributed by atoms with Gasteiger partial charge in [-0.05, 0) is 24.6 Å². The smallest absolute Gasteiger partial charge is 0.180 e. The van der Waals surface area contributed by atoms with Gasteiger partial charge in [-0.2, -0.15) is 0 Å². The molecule has 0 atom stereocenters. The summed E-state index contributed by atoms with van der Waals surface area (Å²) in [5, 5.41) is 0.786. The second-order valence-electron chi connectivity index (χ2n) is 4.02. The molecule has 0 saturated heterocycles. The Bertz CT molecular complexity index is 633. The molecular formula is C14H14Cl2N2O2. The molecule has 0 radical (unpaired) electrons. The molecule has 0 fully saturated rings. The molecular weight excluding hydrogens is 299 g/mol. The lowest BCUT2D eigenvalue weighted by atomic mass is 10.1. The summed E-state index contributed by atoms with van der Waals surface area (Å²) in [5.74, 6) is 1.48. The van der Waals surface area contributed by atoms with Crippen LogP contribution in [0.15, 0.2) is 18.2 Å². The molecule has 0 unspecified atom stereocenters. The molecule has 1 heterocycles. The van der Waals surface area contributed by atoms with Gasteiger partial charge < -0.3 is 9.47 Å². The van der Waals surface area contributed by atoms with Gasteiger partial charge in [0.25, 0.3) is 0 Å². The highest BCUT2D eigenvalue weighted by Gasteiger charge is 2.16. The minimum Gasteiger partial charge on any atom is -0.493 e. The summed E-state index contributed by atoms with van der Waals surface area (Å²) in [6, 6.07) is 5.28. The lowest BCUT2D eigenvalue weighted by molar-refractivity contribution is 0.355. The third-order valence-electron chi connectivity index (χ3n) is 2.84. The van der Waals surface area contributed by atoms with E-state index in [1.807, 2.05) is 6.92 Å². The van der Waals surface area contributed by atoms with Crippen LogP contribution in [0.2, 0.25) is 10.2 Å². The van der Waals surface area contributed by atoms with Crippen molar-refractivity contribution in [3.63, 3.8) is 0 Å². The zero-order chi connectivity index (χ0) is 14.7. The van der Waals surface area contributed by atoms with Crippen LogP contribution in [0.5, 0.6) is 11.5 Å². The SMILES string of the molecule is CCc1cc(Cl)nc(-c2ccc(OC)c(OC)c2Cl)n1. The summed E-state index contributed by atoms with van der Waals surface area (Å²) in [4.78, 5) is 8.65. The minimum atomic E-state index is 0.387. The van der Waals surface area contributed by atoms with Gasteiger partial charge in [-0.25, -0.2) is 9.97 Å². The fraction of sp³-hybridized carbons (Fsp3) is 0.286. The molecule has 6 heteroatoms. The number of aryl methyl sites for hydroxylation is 1. The van der Waals surface area contributed by atoms with Gasteiger partial charge >= 0.3 is 0 Å². The third kappa shape index (κ3) is 2.81. The molecule has 0 aliphatic rings. The highest BCUT2D eigenvalue weighted by Crippen LogP contribution is 2.40. The minimum absolute atomic E-state index is 0.387. The molecule has 2 rings (SSSR count). The maximum Gasteiger partial charge on any atom is 0.180 e. The van der Waals surface area contributed by atoms with E-state index in [4.69, 9.17) is 32.7 Å². The zero-order valence-corrected chi connectivity index (χ0v) is 12.9. The van der Waals surface area contributed by atoms with Crippen LogP contribution >= 0.6 is 23.2 Å². The van der Waals surface area contributed by atoms with Gasteiger partial charge in [-0.3, -0.25) is 0 Å². The molecule has 1 aromatic carbocycles. The van der Waals surface area contributed by atoms with Crippen LogP contribution in [0.1, 0.15) is 12.6 Å². The van der Waals surface area contributed by atoms with E-state index in [-0.39, 0.29) is 0 Å². The van der Waals surface area contributed by atoms with Crippen molar-refractivity contribution >= 4 is 23.2 Å². The molecule has 0 aliphatic carbocycles. The Balaban J connectivity index is 2.61.